The third kappa shape index (κ3) is 0.742. The number of halogens is 1. The molecule has 0 bridgehead atoms. The second-order valence-electron chi connectivity index (χ2n) is 1.13. The summed E-state index contributed by atoms with van der Waals surface area (Å²) in [7, 11) is 0. The van der Waals surface area contributed by atoms with Gasteiger partial charge in [0.05, 0.1) is 5.69 Å². The van der Waals surface area contributed by atoms with E-state index >= 15 is 0 Å². The van der Waals surface area contributed by atoms with Crippen molar-refractivity contribution in [3.8, 4) is 0 Å². The van der Waals surface area contributed by atoms with Crippen LogP contribution in [0.5, 0.6) is 0 Å². The van der Waals surface area contributed by atoms with Crippen LogP contribution in [0.2, 0.25) is 0 Å². The van der Waals surface area contributed by atoms with Crippen molar-refractivity contribution >= 4 is 21.6 Å². The molecule has 0 aliphatic rings. The van der Waals surface area contributed by atoms with Gasteiger partial charge in [-0.1, -0.05) is 0 Å². The molecular weight excluding hydrogens is 158 g/mol. The molecule has 38 valence electrons. The Kier molecular flexibility index (Phi) is 1.02. The minimum absolute atomic E-state index is 0.639. The number of rotatable bonds is 0. The van der Waals surface area contributed by atoms with E-state index in [1.54, 1.807) is 6.20 Å². The lowest BCUT2D eigenvalue weighted by Crippen LogP contribution is -1.78. The van der Waals surface area contributed by atoms with Crippen LogP contribution in [0.15, 0.2) is 10.8 Å². The SMILES string of the molecule is Nc1c[nH]nc1Br. The third-order valence-corrected chi connectivity index (χ3v) is 1.26. The van der Waals surface area contributed by atoms with Crippen LogP contribution in [0, 0.1) is 0 Å². The maximum Gasteiger partial charge on any atom is 0.150 e. The minimum Gasteiger partial charge on any atom is -0.395 e. The van der Waals surface area contributed by atoms with Gasteiger partial charge in [-0.2, -0.15) is 5.10 Å². The molecule has 7 heavy (non-hydrogen) atoms. The second-order valence-corrected chi connectivity index (χ2v) is 1.88. The van der Waals surface area contributed by atoms with Crippen molar-refractivity contribution in [1.29, 1.82) is 0 Å². The predicted octanol–water partition coefficient (Wildman–Crippen LogP) is 0.754. The Morgan fingerprint density at radius 2 is 2.57 bits per heavy atom. The molecule has 0 saturated heterocycles. The van der Waals surface area contributed by atoms with Gasteiger partial charge < -0.3 is 5.73 Å². The first kappa shape index (κ1) is 4.64. The molecule has 0 amide bonds. The van der Waals surface area contributed by atoms with Crippen molar-refractivity contribution in [3.63, 3.8) is 0 Å². The van der Waals surface area contributed by atoms with Crippen LogP contribution >= 0.6 is 15.9 Å². The number of hydrogen-bond donors (Lipinski definition) is 2. The summed E-state index contributed by atoms with van der Waals surface area (Å²) in [5.41, 5.74) is 5.94. The molecule has 0 radical (unpaired) electrons. The summed E-state index contributed by atoms with van der Waals surface area (Å²) in [6.45, 7) is 0. The standard InChI is InChI=1S/C3H4BrN3/c4-3-2(5)1-6-7-3/h1H,5H2,(H,6,7). The molecule has 0 saturated carbocycles. The van der Waals surface area contributed by atoms with Gasteiger partial charge in [0, 0.05) is 6.20 Å². The number of nitrogens with zero attached hydrogens (tertiary/aromatic N) is 1. The molecule has 0 aromatic carbocycles. The van der Waals surface area contributed by atoms with Gasteiger partial charge in [-0.15, -0.1) is 0 Å². The van der Waals surface area contributed by atoms with Gasteiger partial charge in [0.1, 0.15) is 0 Å². The van der Waals surface area contributed by atoms with Crippen LogP contribution in [0.25, 0.3) is 0 Å². The molecule has 0 aliphatic heterocycles. The molecule has 1 aromatic rings. The molecule has 3 nitrogen and oxygen atoms in total. The van der Waals surface area contributed by atoms with E-state index in [-0.39, 0.29) is 0 Å². The molecule has 0 unspecified atom stereocenters. The molecule has 0 fully saturated rings. The lowest BCUT2D eigenvalue weighted by molar-refractivity contribution is 1.07. The Labute approximate surface area is 49.0 Å². The first-order valence-electron chi connectivity index (χ1n) is 1.75. The van der Waals surface area contributed by atoms with Crippen LogP contribution in [0.1, 0.15) is 0 Å². The van der Waals surface area contributed by atoms with Gasteiger partial charge in [0.2, 0.25) is 0 Å². The van der Waals surface area contributed by atoms with Crippen LogP contribution in [0.4, 0.5) is 5.69 Å². The number of aromatic nitrogens is 2. The van der Waals surface area contributed by atoms with Crippen molar-refractivity contribution in [3.05, 3.63) is 10.8 Å². The summed E-state index contributed by atoms with van der Waals surface area (Å²) in [5, 5.41) is 6.26. The molecule has 1 aromatic heterocycles. The van der Waals surface area contributed by atoms with Gasteiger partial charge in [-0.05, 0) is 15.9 Å². The fourth-order valence-electron chi connectivity index (χ4n) is 0.283. The summed E-state index contributed by atoms with van der Waals surface area (Å²) >= 11 is 3.10. The van der Waals surface area contributed by atoms with Crippen molar-refractivity contribution in [1.82, 2.24) is 10.2 Å². The van der Waals surface area contributed by atoms with Crippen LogP contribution in [-0.2, 0) is 0 Å². The summed E-state index contributed by atoms with van der Waals surface area (Å²) in [6, 6.07) is 0. The Bertz CT molecular complexity index is 142. The Balaban J connectivity index is 3.12. The average Bonchev–Trinajstić information content (AvgIpc) is 1.91. The highest BCUT2D eigenvalue weighted by atomic mass is 79.9. The Morgan fingerprint density at radius 1 is 1.86 bits per heavy atom. The van der Waals surface area contributed by atoms with Crippen molar-refractivity contribution < 1.29 is 0 Å². The average molecular weight is 162 g/mol. The molecule has 4 heteroatoms. The van der Waals surface area contributed by atoms with Crippen molar-refractivity contribution in [2.75, 3.05) is 5.73 Å². The summed E-state index contributed by atoms with van der Waals surface area (Å²) in [6.07, 6.45) is 1.62. The molecule has 3 N–H and O–H groups in total. The largest absolute Gasteiger partial charge is 0.395 e. The zero-order chi connectivity index (χ0) is 5.28. The minimum atomic E-state index is 0.639. The van der Waals surface area contributed by atoms with Crippen LogP contribution < -0.4 is 5.73 Å². The second kappa shape index (κ2) is 1.54. The topological polar surface area (TPSA) is 54.7 Å². The molecular formula is C3H4BrN3. The van der Waals surface area contributed by atoms with E-state index in [4.69, 9.17) is 5.73 Å². The molecule has 0 spiro atoms. The van der Waals surface area contributed by atoms with E-state index in [2.05, 4.69) is 26.1 Å². The maximum absolute atomic E-state index is 5.30. The molecule has 0 aliphatic carbocycles. The number of nitrogens with one attached hydrogen (secondary N) is 1. The monoisotopic (exact) mass is 161 g/mol. The first-order valence-corrected chi connectivity index (χ1v) is 2.55. The maximum atomic E-state index is 5.30. The quantitative estimate of drug-likeness (QED) is 0.591. The number of hydrogen-bond acceptors (Lipinski definition) is 2. The summed E-state index contributed by atoms with van der Waals surface area (Å²) in [5.74, 6) is 0. The van der Waals surface area contributed by atoms with E-state index < -0.39 is 0 Å². The van der Waals surface area contributed by atoms with Gasteiger partial charge >= 0.3 is 0 Å². The highest BCUT2D eigenvalue weighted by Crippen LogP contribution is 2.12. The summed E-state index contributed by atoms with van der Waals surface area (Å²) in [4.78, 5) is 0. The zero-order valence-corrected chi connectivity index (χ0v) is 5.07. The first-order chi connectivity index (χ1) is 3.30. The van der Waals surface area contributed by atoms with Crippen LogP contribution in [-0.4, -0.2) is 10.2 Å². The smallest absolute Gasteiger partial charge is 0.150 e. The van der Waals surface area contributed by atoms with Crippen LogP contribution in [0.3, 0.4) is 0 Å². The molecule has 1 heterocycles. The van der Waals surface area contributed by atoms with E-state index in [0.717, 1.165) is 0 Å². The van der Waals surface area contributed by atoms with E-state index in [1.165, 1.54) is 0 Å². The number of aromatic amines is 1. The van der Waals surface area contributed by atoms with Gasteiger partial charge in [-0.3, -0.25) is 5.10 Å². The Hall–Kier alpha value is -0.510. The molecule has 1 rings (SSSR count). The van der Waals surface area contributed by atoms with Gasteiger partial charge in [0.15, 0.2) is 4.60 Å². The number of H-pyrrole nitrogens is 1. The van der Waals surface area contributed by atoms with Crippen molar-refractivity contribution in [2.45, 2.75) is 0 Å². The van der Waals surface area contributed by atoms with Gasteiger partial charge in [-0.25, -0.2) is 0 Å². The normalized spacial score (nSPS) is 9.29. The fourth-order valence-corrected chi connectivity index (χ4v) is 0.499. The predicted molar refractivity (Wildman–Crippen MR) is 30.7 cm³/mol. The molecule has 0 atom stereocenters. The van der Waals surface area contributed by atoms with E-state index in [0.29, 0.717) is 10.3 Å². The lowest BCUT2D eigenvalue weighted by atomic mass is 10.6. The zero-order valence-electron chi connectivity index (χ0n) is 3.48. The Morgan fingerprint density at radius 3 is 2.71 bits per heavy atom. The van der Waals surface area contributed by atoms with E-state index in [9.17, 15) is 0 Å². The summed E-state index contributed by atoms with van der Waals surface area (Å²) < 4.78 is 0.674. The number of nitrogen functional groups attached to an aromatic ring is 1. The van der Waals surface area contributed by atoms with Gasteiger partial charge in [0.25, 0.3) is 0 Å². The number of nitrogens with two attached hydrogens (primary N) is 1. The lowest BCUT2D eigenvalue weighted by Gasteiger charge is -1.75. The number of anilines is 1. The fraction of sp³-hybridized carbons (Fsp3) is 0. The third-order valence-electron chi connectivity index (χ3n) is 0.621. The highest BCUT2D eigenvalue weighted by Gasteiger charge is 1.91. The van der Waals surface area contributed by atoms with E-state index in [1.807, 2.05) is 0 Å². The highest BCUT2D eigenvalue weighted by molar-refractivity contribution is 9.10. The van der Waals surface area contributed by atoms with Crippen molar-refractivity contribution in [2.24, 2.45) is 0 Å².